The van der Waals surface area contributed by atoms with Crippen LogP contribution >= 0.6 is 23.6 Å². The van der Waals surface area contributed by atoms with Gasteiger partial charge in [0.05, 0.1) is 19.3 Å². The molecule has 5 nitrogen and oxygen atoms in total. The molecule has 146 valence electrons. The minimum atomic E-state index is -2.83. The van der Waals surface area contributed by atoms with E-state index in [1.807, 2.05) is 6.07 Å². The smallest absolute Gasteiger partial charge is 0.387 e. The van der Waals surface area contributed by atoms with E-state index in [4.69, 9.17) is 17.0 Å². The van der Waals surface area contributed by atoms with Crippen molar-refractivity contribution in [2.24, 2.45) is 0 Å². The second kappa shape index (κ2) is 9.93. The standard InChI is InChI=1S/C18H21F2N3O2S2/c19-17(20)25-14-5-3-13(4-6-14)22-18(26)21-12-15(16-2-1-11-27-16)23-7-9-24-10-8-23/h1-6,11,15,17H,7-10,12H2,(H2,21,22,26)/t15-/m0/s1. The summed E-state index contributed by atoms with van der Waals surface area (Å²) in [5.41, 5.74) is 0.702. The van der Waals surface area contributed by atoms with Gasteiger partial charge in [0, 0.05) is 30.2 Å². The molecule has 0 aliphatic carbocycles. The van der Waals surface area contributed by atoms with E-state index in [1.165, 1.54) is 17.0 Å². The number of thiocarbonyl (C=S) groups is 1. The van der Waals surface area contributed by atoms with Gasteiger partial charge in [0.1, 0.15) is 5.75 Å². The molecule has 2 heterocycles. The van der Waals surface area contributed by atoms with Crippen LogP contribution in [0.15, 0.2) is 41.8 Å². The Bertz CT molecular complexity index is 708. The largest absolute Gasteiger partial charge is 0.435 e. The first kappa shape index (κ1) is 19.9. The van der Waals surface area contributed by atoms with Crippen LogP contribution in [-0.2, 0) is 4.74 Å². The van der Waals surface area contributed by atoms with Crippen LogP contribution in [0, 0.1) is 0 Å². The number of halogens is 2. The van der Waals surface area contributed by atoms with Gasteiger partial charge in [-0.2, -0.15) is 8.78 Å². The van der Waals surface area contributed by atoms with Crippen molar-refractivity contribution < 1.29 is 18.3 Å². The number of nitrogens with zero attached hydrogens (tertiary/aromatic N) is 1. The average molecular weight is 414 g/mol. The molecule has 0 saturated carbocycles. The van der Waals surface area contributed by atoms with Gasteiger partial charge in [0.15, 0.2) is 5.11 Å². The van der Waals surface area contributed by atoms with Crippen LogP contribution in [-0.4, -0.2) is 49.5 Å². The Balaban J connectivity index is 1.54. The molecule has 0 radical (unpaired) electrons. The minimum absolute atomic E-state index is 0.111. The molecule has 2 aromatic rings. The number of thiophene rings is 1. The Morgan fingerprint density at radius 1 is 1.22 bits per heavy atom. The third-order valence-electron chi connectivity index (χ3n) is 4.15. The first-order chi connectivity index (χ1) is 13.1. The quantitative estimate of drug-likeness (QED) is 0.675. The lowest BCUT2D eigenvalue weighted by Crippen LogP contribution is -2.44. The van der Waals surface area contributed by atoms with Crippen LogP contribution in [0.5, 0.6) is 5.75 Å². The maximum absolute atomic E-state index is 12.2. The molecule has 0 bridgehead atoms. The van der Waals surface area contributed by atoms with Crippen molar-refractivity contribution in [3.8, 4) is 5.75 Å². The maximum Gasteiger partial charge on any atom is 0.387 e. The third kappa shape index (κ3) is 6.10. The normalized spacial score (nSPS) is 16.1. The van der Waals surface area contributed by atoms with E-state index < -0.39 is 6.61 Å². The second-order valence-corrected chi connectivity index (χ2v) is 7.30. The van der Waals surface area contributed by atoms with E-state index >= 15 is 0 Å². The van der Waals surface area contributed by atoms with E-state index in [-0.39, 0.29) is 11.8 Å². The number of hydrogen-bond acceptors (Lipinski definition) is 5. The van der Waals surface area contributed by atoms with Crippen LogP contribution in [0.25, 0.3) is 0 Å². The highest BCUT2D eigenvalue weighted by molar-refractivity contribution is 7.80. The van der Waals surface area contributed by atoms with Gasteiger partial charge in [0.2, 0.25) is 0 Å². The van der Waals surface area contributed by atoms with Gasteiger partial charge in [-0.05, 0) is 47.9 Å². The van der Waals surface area contributed by atoms with Crippen LogP contribution in [0.3, 0.4) is 0 Å². The van der Waals surface area contributed by atoms with Crippen molar-refractivity contribution >= 4 is 34.4 Å². The van der Waals surface area contributed by atoms with E-state index in [0.29, 0.717) is 17.3 Å². The van der Waals surface area contributed by atoms with Gasteiger partial charge < -0.3 is 20.1 Å². The predicted molar refractivity (Wildman–Crippen MR) is 107 cm³/mol. The number of hydrogen-bond donors (Lipinski definition) is 2. The van der Waals surface area contributed by atoms with Gasteiger partial charge in [0.25, 0.3) is 0 Å². The molecule has 1 aromatic carbocycles. The summed E-state index contributed by atoms with van der Waals surface area (Å²) in [5.74, 6) is 0.111. The Labute approximate surface area is 166 Å². The molecule has 1 saturated heterocycles. The summed E-state index contributed by atoms with van der Waals surface area (Å²) >= 11 is 7.10. The highest BCUT2D eigenvalue weighted by Crippen LogP contribution is 2.25. The number of morpholine rings is 1. The number of alkyl halides is 2. The van der Waals surface area contributed by atoms with Crippen LogP contribution in [0.4, 0.5) is 14.5 Å². The van der Waals surface area contributed by atoms with Gasteiger partial charge in [-0.3, -0.25) is 4.90 Å². The summed E-state index contributed by atoms with van der Waals surface area (Å²) in [5, 5.41) is 8.87. The van der Waals surface area contributed by atoms with Crippen molar-refractivity contribution in [1.82, 2.24) is 10.2 Å². The molecule has 0 spiro atoms. The zero-order valence-electron chi connectivity index (χ0n) is 14.6. The number of rotatable bonds is 7. The zero-order valence-corrected chi connectivity index (χ0v) is 16.2. The number of nitrogens with one attached hydrogen (secondary N) is 2. The second-order valence-electron chi connectivity index (χ2n) is 5.92. The van der Waals surface area contributed by atoms with Crippen molar-refractivity contribution in [3.05, 3.63) is 46.7 Å². The highest BCUT2D eigenvalue weighted by atomic mass is 32.1. The fourth-order valence-electron chi connectivity index (χ4n) is 2.86. The molecule has 0 amide bonds. The van der Waals surface area contributed by atoms with Crippen molar-refractivity contribution in [1.29, 1.82) is 0 Å². The van der Waals surface area contributed by atoms with Gasteiger partial charge in [-0.25, -0.2) is 0 Å². The van der Waals surface area contributed by atoms with Crippen molar-refractivity contribution in [3.63, 3.8) is 0 Å². The summed E-state index contributed by atoms with van der Waals surface area (Å²) in [6.07, 6.45) is 0. The molecule has 3 rings (SSSR count). The van der Waals surface area contributed by atoms with E-state index in [0.717, 1.165) is 26.3 Å². The molecule has 1 atom stereocenters. The van der Waals surface area contributed by atoms with Gasteiger partial charge in [-0.15, -0.1) is 11.3 Å². The molecule has 27 heavy (non-hydrogen) atoms. The van der Waals surface area contributed by atoms with Crippen LogP contribution in [0.2, 0.25) is 0 Å². The third-order valence-corrected chi connectivity index (χ3v) is 5.37. The number of ether oxygens (including phenoxy) is 2. The van der Waals surface area contributed by atoms with Crippen LogP contribution < -0.4 is 15.4 Å². The molecule has 2 N–H and O–H groups in total. The Morgan fingerprint density at radius 2 is 1.96 bits per heavy atom. The van der Waals surface area contributed by atoms with Crippen molar-refractivity contribution in [2.45, 2.75) is 12.7 Å². The predicted octanol–water partition coefficient (Wildman–Crippen LogP) is 3.71. The molecular weight excluding hydrogens is 392 g/mol. The summed E-state index contributed by atoms with van der Waals surface area (Å²) in [7, 11) is 0. The number of benzene rings is 1. The summed E-state index contributed by atoms with van der Waals surface area (Å²) in [6.45, 7) is 1.07. The lowest BCUT2D eigenvalue weighted by molar-refractivity contribution is -0.0498. The fraction of sp³-hybridized carbons (Fsp3) is 0.389. The monoisotopic (exact) mass is 413 g/mol. The highest BCUT2D eigenvalue weighted by Gasteiger charge is 2.23. The minimum Gasteiger partial charge on any atom is -0.435 e. The van der Waals surface area contributed by atoms with Gasteiger partial charge >= 0.3 is 6.61 Å². The molecule has 9 heteroatoms. The average Bonchev–Trinajstić information content (AvgIpc) is 3.18. The molecule has 1 aliphatic heterocycles. The lowest BCUT2D eigenvalue weighted by atomic mass is 10.2. The molecule has 1 aromatic heterocycles. The summed E-state index contributed by atoms with van der Waals surface area (Å²) < 4.78 is 34.2. The Hall–Kier alpha value is -1.81. The Kier molecular flexibility index (Phi) is 7.33. The maximum atomic E-state index is 12.2. The summed E-state index contributed by atoms with van der Waals surface area (Å²) in [6, 6.07) is 10.6. The van der Waals surface area contributed by atoms with E-state index in [1.54, 1.807) is 23.5 Å². The van der Waals surface area contributed by atoms with E-state index in [2.05, 4.69) is 31.7 Å². The summed E-state index contributed by atoms with van der Waals surface area (Å²) in [4.78, 5) is 3.67. The molecular formula is C18H21F2N3O2S2. The zero-order chi connectivity index (χ0) is 19.1. The molecule has 0 unspecified atom stereocenters. The molecule has 1 aliphatic rings. The van der Waals surface area contributed by atoms with Gasteiger partial charge in [-0.1, -0.05) is 6.07 Å². The lowest BCUT2D eigenvalue weighted by Gasteiger charge is -2.34. The van der Waals surface area contributed by atoms with Crippen molar-refractivity contribution in [2.75, 3.05) is 38.2 Å². The topological polar surface area (TPSA) is 45.8 Å². The number of anilines is 1. The first-order valence-corrected chi connectivity index (χ1v) is 9.85. The van der Waals surface area contributed by atoms with Crippen LogP contribution in [0.1, 0.15) is 10.9 Å². The fourth-order valence-corrected chi connectivity index (χ4v) is 3.93. The molecule has 1 fully saturated rings. The SMILES string of the molecule is FC(F)Oc1ccc(NC(=S)NC[C@@H](c2cccs2)N2CCOCC2)cc1. The van der Waals surface area contributed by atoms with E-state index in [9.17, 15) is 8.78 Å². The first-order valence-electron chi connectivity index (χ1n) is 8.57. The Morgan fingerprint density at radius 3 is 2.59 bits per heavy atom.